The third-order valence-corrected chi connectivity index (χ3v) is 2.70. The van der Waals surface area contributed by atoms with Gasteiger partial charge in [0.05, 0.1) is 12.7 Å². The molecular weight excluding hydrogens is 272 g/mol. The van der Waals surface area contributed by atoms with Crippen molar-refractivity contribution in [2.75, 3.05) is 14.2 Å². The summed E-state index contributed by atoms with van der Waals surface area (Å²) in [4.78, 5) is 26.8. The summed E-state index contributed by atoms with van der Waals surface area (Å²) in [7, 11) is 2.86. The molecule has 0 unspecified atom stereocenters. The number of amides is 1. The van der Waals surface area contributed by atoms with E-state index < -0.39 is 5.97 Å². The van der Waals surface area contributed by atoms with Crippen LogP contribution in [-0.2, 0) is 4.74 Å². The van der Waals surface area contributed by atoms with Crippen LogP contribution in [0.1, 0.15) is 20.7 Å². The average Bonchev–Trinajstić information content (AvgIpc) is 2.54. The lowest BCUT2D eigenvalue weighted by Crippen LogP contribution is -2.17. The van der Waals surface area contributed by atoms with E-state index >= 15 is 0 Å². The lowest BCUT2D eigenvalue weighted by molar-refractivity contribution is 0.0600. The first-order valence-electron chi connectivity index (χ1n) is 6.18. The van der Waals surface area contributed by atoms with Crippen LogP contribution in [0.5, 0.6) is 11.6 Å². The molecule has 0 saturated carbocycles. The van der Waals surface area contributed by atoms with Gasteiger partial charge in [0.25, 0.3) is 5.91 Å². The van der Waals surface area contributed by atoms with Crippen LogP contribution < -0.4 is 10.1 Å². The Labute approximate surface area is 121 Å². The maximum Gasteiger partial charge on any atom is 0.339 e. The number of hydrogen-bond acceptors (Lipinski definition) is 5. The first kappa shape index (κ1) is 14.5. The Hall–Kier alpha value is -2.89. The normalized spacial score (nSPS) is 9.81. The van der Waals surface area contributed by atoms with Gasteiger partial charge in [0.1, 0.15) is 5.75 Å². The number of rotatable bonds is 4. The summed E-state index contributed by atoms with van der Waals surface area (Å²) in [6, 6.07) is 9.81. The molecular formula is C15H14N2O4. The number of hydrogen-bond donors (Lipinski definition) is 1. The molecule has 0 radical (unpaired) electrons. The molecule has 0 atom stereocenters. The molecule has 6 nitrogen and oxygen atoms in total. The van der Waals surface area contributed by atoms with E-state index in [9.17, 15) is 9.59 Å². The molecule has 2 aromatic rings. The minimum Gasteiger partial charge on any atom is -0.465 e. The van der Waals surface area contributed by atoms with E-state index in [-0.39, 0.29) is 5.91 Å². The van der Waals surface area contributed by atoms with E-state index in [0.717, 1.165) is 0 Å². The molecule has 1 aromatic carbocycles. The van der Waals surface area contributed by atoms with E-state index in [0.29, 0.717) is 22.8 Å². The van der Waals surface area contributed by atoms with E-state index in [4.69, 9.17) is 4.74 Å². The van der Waals surface area contributed by atoms with Gasteiger partial charge in [-0.25, -0.2) is 9.78 Å². The quantitative estimate of drug-likeness (QED) is 0.870. The first-order chi connectivity index (χ1) is 10.1. The largest absolute Gasteiger partial charge is 0.465 e. The van der Waals surface area contributed by atoms with Crippen LogP contribution in [0.4, 0.5) is 0 Å². The van der Waals surface area contributed by atoms with Crippen molar-refractivity contribution in [1.29, 1.82) is 0 Å². The minimum absolute atomic E-state index is 0.200. The van der Waals surface area contributed by atoms with Crippen LogP contribution in [0.25, 0.3) is 0 Å². The highest BCUT2D eigenvalue weighted by atomic mass is 16.5. The van der Waals surface area contributed by atoms with Crippen LogP contribution in [0, 0.1) is 0 Å². The Bertz CT molecular complexity index is 653. The van der Waals surface area contributed by atoms with E-state index in [1.54, 1.807) is 43.4 Å². The van der Waals surface area contributed by atoms with Crippen molar-refractivity contribution < 1.29 is 19.1 Å². The molecule has 2 rings (SSSR count). The molecule has 0 bridgehead atoms. The molecule has 0 fully saturated rings. The number of nitrogens with one attached hydrogen (secondary N) is 1. The summed E-state index contributed by atoms with van der Waals surface area (Å²) in [6.07, 6.45) is 1.36. The predicted molar refractivity (Wildman–Crippen MR) is 75.5 cm³/mol. The fraction of sp³-hybridized carbons (Fsp3) is 0.133. The molecule has 21 heavy (non-hydrogen) atoms. The fourth-order valence-corrected chi connectivity index (χ4v) is 1.65. The SMILES string of the molecule is CNC(=O)c1cccc(Oc2ccc(C(=O)OC)cn2)c1. The second-order valence-corrected chi connectivity index (χ2v) is 4.09. The number of aromatic nitrogens is 1. The third kappa shape index (κ3) is 3.56. The monoisotopic (exact) mass is 286 g/mol. The topological polar surface area (TPSA) is 77.5 Å². The van der Waals surface area contributed by atoms with Gasteiger partial charge in [-0.15, -0.1) is 0 Å². The molecule has 0 aliphatic heterocycles. The molecule has 1 heterocycles. The van der Waals surface area contributed by atoms with Crippen LogP contribution in [0.15, 0.2) is 42.6 Å². The van der Waals surface area contributed by atoms with Gasteiger partial charge < -0.3 is 14.8 Å². The van der Waals surface area contributed by atoms with Crippen molar-refractivity contribution in [3.8, 4) is 11.6 Å². The standard InChI is InChI=1S/C15H14N2O4/c1-16-14(18)10-4-3-5-12(8-10)21-13-7-6-11(9-17-13)15(19)20-2/h3-9H,1-2H3,(H,16,18). The van der Waals surface area contributed by atoms with Crippen molar-refractivity contribution >= 4 is 11.9 Å². The molecule has 0 aliphatic rings. The highest BCUT2D eigenvalue weighted by molar-refractivity contribution is 5.94. The first-order valence-corrected chi connectivity index (χ1v) is 6.18. The van der Waals surface area contributed by atoms with E-state index in [2.05, 4.69) is 15.0 Å². The van der Waals surface area contributed by atoms with Crippen LogP contribution in [0.3, 0.4) is 0 Å². The number of pyridine rings is 1. The Balaban J connectivity index is 2.15. The van der Waals surface area contributed by atoms with Gasteiger partial charge in [-0.1, -0.05) is 6.07 Å². The summed E-state index contributed by atoms with van der Waals surface area (Å²) in [6.45, 7) is 0. The lowest BCUT2D eigenvalue weighted by atomic mass is 10.2. The highest BCUT2D eigenvalue weighted by Gasteiger charge is 2.08. The zero-order chi connectivity index (χ0) is 15.2. The van der Waals surface area contributed by atoms with Gasteiger partial charge in [0.15, 0.2) is 0 Å². The zero-order valence-electron chi connectivity index (χ0n) is 11.6. The van der Waals surface area contributed by atoms with Crippen molar-refractivity contribution in [3.05, 3.63) is 53.7 Å². The van der Waals surface area contributed by atoms with Crippen LogP contribution >= 0.6 is 0 Å². The molecule has 0 spiro atoms. The number of benzene rings is 1. The fourth-order valence-electron chi connectivity index (χ4n) is 1.65. The minimum atomic E-state index is -0.462. The summed E-state index contributed by atoms with van der Waals surface area (Å²) in [5, 5.41) is 2.54. The van der Waals surface area contributed by atoms with Gasteiger partial charge >= 0.3 is 5.97 Å². The molecule has 0 aliphatic carbocycles. The average molecular weight is 286 g/mol. The van der Waals surface area contributed by atoms with Gasteiger partial charge in [0, 0.05) is 24.9 Å². The molecule has 6 heteroatoms. The van der Waals surface area contributed by atoms with Crippen molar-refractivity contribution in [2.24, 2.45) is 0 Å². The number of nitrogens with zero attached hydrogens (tertiary/aromatic N) is 1. The Morgan fingerprint density at radius 3 is 2.57 bits per heavy atom. The Morgan fingerprint density at radius 1 is 1.14 bits per heavy atom. The van der Waals surface area contributed by atoms with Gasteiger partial charge in [-0.3, -0.25) is 4.79 Å². The Kier molecular flexibility index (Phi) is 4.50. The number of carbonyl (C=O) groups is 2. The van der Waals surface area contributed by atoms with E-state index in [1.165, 1.54) is 13.3 Å². The summed E-state index contributed by atoms with van der Waals surface area (Å²) in [5.74, 6) is 0.135. The molecule has 1 amide bonds. The molecule has 108 valence electrons. The Morgan fingerprint density at radius 2 is 1.95 bits per heavy atom. The van der Waals surface area contributed by atoms with Gasteiger partial charge in [0.2, 0.25) is 5.88 Å². The summed E-state index contributed by atoms with van der Waals surface area (Å²) < 4.78 is 10.1. The third-order valence-electron chi connectivity index (χ3n) is 2.70. The number of carbonyl (C=O) groups excluding carboxylic acids is 2. The molecule has 1 aromatic heterocycles. The number of esters is 1. The van der Waals surface area contributed by atoms with Crippen molar-refractivity contribution in [3.63, 3.8) is 0 Å². The molecule has 1 N–H and O–H groups in total. The summed E-state index contributed by atoms with van der Waals surface area (Å²) in [5.41, 5.74) is 0.824. The van der Waals surface area contributed by atoms with Gasteiger partial charge in [-0.2, -0.15) is 0 Å². The maximum absolute atomic E-state index is 11.5. The smallest absolute Gasteiger partial charge is 0.339 e. The second-order valence-electron chi connectivity index (χ2n) is 4.09. The molecule has 0 saturated heterocycles. The van der Waals surface area contributed by atoms with Crippen LogP contribution in [-0.4, -0.2) is 31.0 Å². The predicted octanol–water partition coefficient (Wildman–Crippen LogP) is 2.02. The van der Waals surface area contributed by atoms with Crippen LogP contribution in [0.2, 0.25) is 0 Å². The number of ether oxygens (including phenoxy) is 2. The second kappa shape index (κ2) is 6.51. The zero-order valence-corrected chi connectivity index (χ0v) is 11.6. The highest BCUT2D eigenvalue weighted by Crippen LogP contribution is 2.20. The van der Waals surface area contributed by atoms with Crippen molar-refractivity contribution in [2.45, 2.75) is 0 Å². The van der Waals surface area contributed by atoms with Crippen molar-refractivity contribution in [1.82, 2.24) is 10.3 Å². The summed E-state index contributed by atoms with van der Waals surface area (Å²) >= 11 is 0. The number of methoxy groups -OCH3 is 1. The lowest BCUT2D eigenvalue weighted by Gasteiger charge is -2.07. The maximum atomic E-state index is 11.5. The van der Waals surface area contributed by atoms with Gasteiger partial charge in [-0.05, 0) is 24.3 Å². The van der Waals surface area contributed by atoms with E-state index in [1.807, 2.05) is 0 Å².